The van der Waals surface area contributed by atoms with Crippen LogP contribution >= 0.6 is 0 Å². The van der Waals surface area contributed by atoms with Crippen LogP contribution in [0.2, 0.25) is 0 Å². The third kappa shape index (κ3) is 27.2. The van der Waals surface area contributed by atoms with Crippen molar-refractivity contribution in [2.75, 3.05) is 13.2 Å². The third-order valence-electron chi connectivity index (χ3n) is 6.53. The molecule has 0 aromatic heterocycles. The average Bonchev–Trinajstić information content (AvgIpc) is 2.83. The van der Waals surface area contributed by atoms with Crippen LogP contribution in [0.15, 0.2) is 0 Å². The lowest BCUT2D eigenvalue weighted by molar-refractivity contribution is -0.144. The van der Waals surface area contributed by atoms with Crippen LogP contribution in [0.25, 0.3) is 0 Å². The SMILES string of the molecule is CCCCCCCCCC(=O)OCCCCCCCCCCOC(=O)CCCCCCCCC. The number of esters is 2. The molecule has 0 saturated heterocycles. The zero-order valence-corrected chi connectivity index (χ0v) is 23.0. The van der Waals surface area contributed by atoms with Crippen molar-refractivity contribution in [2.45, 2.75) is 168 Å². The number of carbonyl (C=O) groups is 2. The van der Waals surface area contributed by atoms with Crippen molar-refractivity contribution in [3.05, 3.63) is 0 Å². The first-order valence-electron chi connectivity index (χ1n) is 15.0. The van der Waals surface area contributed by atoms with E-state index in [2.05, 4.69) is 13.8 Å². The molecule has 0 spiro atoms. The highest BCUT2D eigenvalue weighted by Gasteiger charge is 2.04. The first kappa shape index (κ1) is 32.9. The summed E-state index contributed by atoms with van der Waals surface area (Å²) >= 11 is 0. The van der Waals surface area contributed by atoms with Crippen LogP contribution in [0.4, 0.5) is 0 Å². The van der Waals surface area contributed by atoms with Gasteiger partial charge in [-0.2, -0.15) is 0 Å². The van der Waals surface area contributed by atoms with Gasteiger partial charge in [-0.1, -0.05) is 129 Å². The van der Waals surface area contributed by atoms with E-state index in [1.807, 2.05) is 0 Å². The molecule has 0 unspecified atom stereocenters. The highest BCUT2D eigenvalue weighted by molar-refractivity contribution is 5.69. The molecule has 0 amide bonds. The molecule has 0 aliphatic heterocycles. The van der Waals surface area contributed by atoms with Gasteiger partial charge in [0.25, 0.3) is 0 Å². The Balaban J connectivity index is 3.22. The Bertz CT molecular complexity index is 396. The van der Waals surface area contributed by atoms with E-state index in [0.717, 1.165) is 51.4 Å². The lowest BCUT2D eigenvalue weighted by Crippen LogP contribution is -2.05. The van der Waals surface area contributed by atoms with Gasteiger partial charge in [-0.3, -0.25) is 9.59 Å². The Morgan fingerprint density at radius 1 is 0.382 bits per heavy atom. The fourth-order valence-electron chi connectivity index (χ4n) is 4.23. The Morgan fingerprint density at radius 3 is 0.971 bits per heavy atom. The highest BCUT2D eigenvalue weighted by Crippen LogP contribution is 2.12. The highest BCUT2D eigenvalue weighted by atomic mass is 16.5. The molecule has 0 aromatic rings. The van der Waals surface area contributed by atoms with Crippen molar-refractivity contribution in [1.82, 2.24) is 0 Å². The zero-order chi connectivity index (χ0) is 25.0. The summed E-state index contributed by atoms with van der Waals surface area (Å²) in [6.45, 7) is 5.63. The van der Waals surface area contributed by atoms with E-state index in [9.17, 15) is 9.59 Å². The summed E-state index contributed by atoms with van der Waals surface area (Å²) in [4.78, 5) is 23.5. The molecule has 4 heteroatoms. The molecule has 0 aliphatic carbocycles. The predicted octanol–water partition coefficient (Wildman–Crippen LogP) is 9.48. The lowest BCUT2D eigenvalue weighted by Gasteiger charge is -2.06. The average molecular weight is 483 g/mol. The van der Waals surface area contributed by atoms with Crippen LogP contribution in [0.5, 0.6) is 0 Å². The van der Waals surface area contributed by atoms with Gasteiger partial charge in [0.05, 0.1) is 13.2 Å². The van der Waals surface area contributed by atoms with Crippen LogP contribution in [-0.2, 0) is 19.1 Å². The van der Waals surface area contributed by atoms with Crippen LogP contribution in [0.1, 0.15) is 168 Å². The number of hydrogen-bond acceptors (Lipinski definition) is 4. The minimum Gasteiger partial charge on any atom is -0.466 e. The Labute approximate surface area is 212 Å². The van der Waals surface area contributed by atoms with Gasteiger partial charge in [0.15, 0.2) is 0 Å². The molecule has 0 aliphatic rings. The van der Waals surface area contributed by atoms with Crippen molar-refractivity contribution in [3.63, 3.8) is 0 Å². The van der Waals surface area contributed by atoms with Crippen molar-refractivity contribution in [2.24, 2.45) is 0 Å². The van der Waals surface area contributed by atoms with Crippen LogP contribution in [0, 0.1) is 0 Å². The maximum absolute atomic E-state index is 11.7. The Kier molecular flexibility index (Phi) is 27.3. The number of carbonyl (C=O) groups excluding carboxylic acids is 2. The summed E-state index contributed by atoms with van der Waals surface area (Å²) in [5.74, 6) is -0.0339. The number of hydrogen-bond donors (Lipinski definition) is 0. The van der Waals surface area contributed by atoms with Crippen molar-refractivity contribution in [1.29, 1.82) is 0 Å². The summed E-state index contributed by atoms with van der Waals surface area (Å²) in [7, 11) is 0. The van der Waals surface area contributed by atoms with Crippen molar-refractivity contribution in [3.8, 4) is 0 Å². The molecular formula is C30H58O4. The zero-order valence-electron chi connectivity index (χ0n) is 23.0. The van der Waals surface area contributed by atoms with Crippen LogP contribution in [-0.4, -0.2) is 25.2 Å². The first-order valence-corrected chi connectivity index (χ1v) is 15.0. The van der Waals surface area contributed by atoms with Crippen LogP contribution < -0.4 is 0 Å². The smallest absolute Gasteiger partial charge is 0.305 e. The van der Waals surface area contributed by atoms with Gasteiger partial charge in [-0.05, 0) is 25.7 Å². The molecule has 202 valence electrons. The molecule has 0 N–H and O–H groups in total. The van der Waals surface area contributed by atoms with Gasteiger partial charge in [-0.15, -0.1) is 0 Å². The van der Waals surface area contributed by atoms with E-state index in [4.69, 9.17) is 9.47 Å². The van der Waals surface area contributed by atoms with Gasteiger partial charge in [-0.25, -0.2) is 0 Å². The fourth-order valence-corrected chi connectivity index (χ4v) is 4.23. The molecular weight excluding hydrogens is 424 g/mol. The maximum Gasteiger partial charge on any atom is 0.305 e. The van der Waals surface area contributed by atoms with Crippen molar-refractivity contribution < 1.29 is 19.1 Å². The first-order chi connectivity index (χ1) is 16.7. The number of rotatable bonds is 27. The normalized spacial score (nSPS) is 11.0. The lowest BCUT2D eigenvalue weighted by atomic mass is 10.1. The summed E-state index contributed by atoms with van der Waals surface area (Å²) in [5.41, 5.74) is 0. The standard InChI is InChI=1S/C30H58O4/c1-3-5-7-9-13-17-21-25-29(31)33-27-23-19-15-11-12-16-20-24-28-34-30(32)26-22-18-14-10-8-6-4-2/h3-28H2,1-2H3. The summed E-state index contributed by atoms with van der Waals surface area (Å²) in [5, 5.41) is 0. The fraction of sp³-hybridized carbons (Fsp3) is 0.933. The molecule has 0 rings (SSSR count). The van der Waals surface area contributed by atoms with E-state index < -0.39 is 0 Å². The van der Waals surface area contributed by atoms with E-state index >= 15 is 0 Å². The van der Waals surface area contributed by atoms with Gasteiger partial charge < -0.3 is 9.47 Å². The van der Waals surface area contributed by atoms with Crippen LogP contribution in [0.3, 0.4) is 0 Å². The topological polar surface area (TPSA) is 52.6 Å². The van der Waals surface area contributed by atoms with Gasteiger partial charge >= 0.3 is 11.9 Å². The monoisotopic (exact) mass is 482 g/mol. The second-order valence-electron chi connectivity index (χ2n) is 10.0. The number of ether oxygens (including phenoxy) is 2. The van der Waals surface area contributed by atoms with Gasteiger partial charge in [0.1, 0.15) is 0 Å². The van der Waals surface area contributed by atoms with E-state index in [-0.39, 0.29) is 11.9 Å². The molecule has 4 nitrogen and oxygen atoms in total. The molecule has 0 heterocycles. The molecule has 0 atom stereocenters. The molecule has 0 fully saturated rings. The molecule has 0 aromatic carbocycles. The predicted molar refractivity (Wildman–Crippen MR) is 144 cm³/mol. The number of unbranched alkanes of at least 4 members (excludes halogenated alkanes) is 19. The maximum atomic E-state index is 11.7. The largest absolute Gasteiger partial charge is 0.466 e. The summed E-state index contributed by atoms with van der Waals surface area (Å²) in [6.07, 6.45) is 27.6. The minimum atomic E-state index is -0.0170. The molecule has 0 saturated carbocycles. The van der Waals surface area contributed by atoms with E-state index in [1.54, 1.807) is 0 Å². The summed E-state index contributed by atoms with van der Waals surface area (Å²) < 4.78 is 10.7. The minimum absolute atomic E-state index is 0.0170. The Hall–Kier alpha value is -1.06. The second kappa shape index (κ2) is 28.2. The van der Waals surface area contributed by atoms with E-state index in [1.165, 1.54) is 89.9 Å². The van der Waals surface area contributed by atoms with Gasteiger partial charge in [0, 0.05) is 12.8 Å². The molecule has 34 heavy (non-hydrogen) atoms. The summed E-state index contributed by atoms with van der Waals surface area (Å²) in [6, 6.07) is 0. The molecule has 0 bridgehead atoms. The third-order valence-corrected chi connectivity index (χ3v) is 6.53. The van der Waals surface area contributed by atoms with Crippen molar-refractivity contribution >= 4 is 11.9 Å². The molecule has 0 radical (unpaired) electrons. The Morgan fingerprint density at radius 2 is 0.647 bits per heavy atom. The second-order valence-corrected chi connectivity index (χ2v) is 10.0. The van der Waals surface area contributed by atoms with E-state index in [0.29, 0.717) is 26.1 Å². The van der Waals surface area contributed by atoms with Gasteiger partial charge in [0.2, 0.25) is 0 Å². The quantitative estimate of drug-likeness (QED) is 0.0864.